The van der Waals surface area contributed by atoms with Crippen LogP contribution in [0.1, 0.15) is 31.4 Å². The Labute approximate surface area is 238 Å². The Bertz CT molecular complexity index is 1440. The second kappa shape index (κ2) is 13.7. The van der Waals surface area contributed by atoms with Gasteiger partial charge in [0.15, 0.2) is 11.6 Å². The normalized spacial score (nSPS) is 12.8. The van der Waals surface area contributed by atoms with Crippen LogP contribution in [0, 0.1) is 11.6 Å². The molecular weight excluding hydrogens is 560 g/mol. The van der Waals surface area contributed by atoms with E-state index in [1.807, 2.05) is 44.2 Å². The third-order valence-electron chi connectivity index (χ3n) is 6.38. The summed E-state index contributed by atoms with van der Waals surface area (Å²) < 4.78 is 53.7. The van der Waals surface area contributed by atoms with Crippen molar-refractivity contribution >= 4 is 39.1 Å². The summed E-state index contributed by atoms with van der Waals surface area (Å²) in [6.07, 6.45) is 1.67. The minimum absolute atomic E-state index is 0.0554. The van der Waals surface area contributed by atoms with E-state index in [1.165, 1.54) is 4.90 Å². The van der Waals surface area contributed by atoms with Crippen LogP contribution in [0.3, 0.4) is 0 Å². The molecule has 0 fully saturated rings. The summed E-state index contributed by atoms with van der Waals surface area (Å²) >= 11 is 6.18. The zero-order valence-electron chi connectivity index (χ0n) is 22.5. The number of halogens is 3. The minimum atomic E-state index is -4.11. The first-order chi connectivity index (χ1) is 18.9. The summed E-state index contributed by atoms with van der Waals surface area (Å²) in [4.78, 5) is 28.8. The van der Waals surface area contributed by atoms with Crippen LogP contribution in [0.5, 0.6) is 0 Å². The monoisotopic (exact) mass is 591 g/mol. The lowest BCUT2D eigenvalue weighted by Gasteiger charge is -2.34. The van der Waals surface area contributed by atoms with E-state index in [4.69, 9.17) is 11.6 Å². The number of amides is 2. The van der Waals surface area contributed by atoms with Crippen molar-refractivity contribution in [2.45, 2.75) is 45.3 Å². The van der Waals surface area contributed by atoms with E-state index in [-0.39, 0.29) is 24.7 Å². The second-order valence-electron chi connectivity index (χ2n) is 9.54. The molecule has 0 aliphatic carbocycles. The average molecular weight is 592 g/mol. The maximum absolute atomic E-state index is 14.0. The van der Waals surface area contributed by atoms with Crippen molar-refractivity contribution in [2.24, 2.45) is 0 Å². The van der Waals surface area contributed by atoms with Gasteiger partial charge in [-0.2, -0.15) is 0 Å². The van der Waals surface area contributed by atoms with Crippen molar-refractivity contribution < 1.29 is 26.8 Å². The van der Waals surface area contributed by atoms with E-state index in [1.54, 1.807) is 24.3 Å². The molecule has 0 spiro atoms. The van der Waals surface area contributed by atoms with Crippen LogP contribution < -0.4 is 9.62 Å². The first-order valence-electron chi connectivity index (χ1n) is 12.7. The van der Waals surface area contributed by atoms with Gasteiger partial charge in [-0.1, -0.05) is 61.0 Å². The van der Waals surface area contributed by atoms with Crippen LogP contribution in [0.2, 0.25) is 5.02 Å². The molecule has 0 radical (unpaired) electrons. The highest BCUT2D eigenvalue weighted by Gasteiger charge is 2.33. The van der Waals surface area contributed by atoms with Gasteiger partial charge in [0.2, 0.25) is 21.8 Å². The number of nitrogens with one attached hydrogen (secondary N) is 1. The predicted octanol–water partition coefficient (Wildman–Crippen LogP) is 4.94. The van der Waals surface area contributed by atoms with Crippen molar-refractivity contribution in [3.63, 3.8) is 0 Å². The van der Waals surface area contributed by atoms with E-state index >= 15 is 0 Å². The van der Waals surface area contributed by atoms with Crippen molar-refractivity contribution in [2.75, 3.05) is 17.1 Å². The first-order valence-corrected chi connectivity index (χ1v) is 14.9. The van der Waals surface area contributed by atoms with E-state index < -0.39 is 46.1 Å². The fraction of sp³-hybridized carbons (Fsp3) is 0.310. The topological polar surface area (TPSA) is 86.8 Å². The summed E-state index contributed by atoms with van der Waals surface area (Å²) in [5.41, 5.74) is 1.19. The Morgan fingerprint density at radius 2 is 1.62 bits per heavy atom. The number of nitrogens with zero attached hydrogens (tertiary/aromatic N) is 2. The first kappa shape index (κ1) is 31.0. The zero-order valence-corrected chi connectivity index (χ0v) is 24.1. The van der Waals surface area contributed by atoms with Gasteiger partial charge in [0, 0.05) is 30.1 Å². The summed E-state index contributed by atoms with van der Waals surface area (Å²) in [5.74, 6) is -3.54. The van der Waals surface area contributed by atoms with Crippen LogP contribution in [-0.2, 0) is 32.6 Å². The molecule has 2 amide bonds. The van der Waals surface area contributed by atoms with Crippen molar-refractivity contribution in [3.05, 3.63) is 101 Å². The molecule has 0 aliphatic heterocycles. The molecule has 40 heavy (non-hydrogen) atoms. The number of rotatable bonds is 12. The maximum atomic E-state index is 14.0. The molecule has 0 aliphatic rings. The fourth-order valence-corrected chi connectivity index (χ4v) is 5.14. The molecule has 3 aromatic carbocycles. The minimum Gasteiger partial charge on any atom is -0.352 e. The fourth-order valence-electron chi connectivity index (χ4n) is 4.08. The molecule has 2 atom stereocenters. The number of carbonyl (C=O) groups excluding carboxylic acids is 2. The molecule has 0 heterocycles. The Kier molecular flexibility index (Phi) is 10.6. The van der Waals surface area contributed by atoms with Crippen LogP contribution in [0.25, 0.3) is 0 Å². The van der Waals surface area contributed by atoms with Crippen molar-refractivity contribution in [1.82, 2.24) is 10.2 Å². The van der Waals surface area contributed by atoms with E-state index in [2.05, 4.69) is 5.32 Å². The molecule has 0 aromatic heterocycles. The van der Waals surface area contributed by atoms with Gasteiger partial charge in [0.05, 0.1) is 11.9 Å². The molecule has 11 heteroatoms. The van der Waals surface area contributed by atoms with Crippen molar-refractivity contribution in [1.29, 1.82) is 0 Å². The molecule has 0 unspecified atom stereocenters. The van der Waals surface area contributed by atoms with Crippen molar-refractivity contribution in [3.8, 4) is 0 Å². The molecule has 0 bridgehead atoms. The number of hydrogen-bond acceptors (Lipinski definition) is 4. The van der Waals surface area contributed by atoms with Gasteiger partial charge >= 0.3 is 0 Å². The van der Waals surface area contributed by atoms with E-state index in [0.29, 0.717) is 27.4 Å². The highest BCUT2D eigenvalue weighted by molar-refractivity contribution is 7.92. The van der Waals surface area contributed by atoms with Gasteiger partial charge in [0.25, 0.3) is 0 Å². The Morgan fingerprint density at radius 1 is 0.950 bits per heavy atom. The molecule has 214 valence electrons. The molecule has 0 saturated heterocycles. The van der Waals surface area contributed by atoms with Crippen LogP contribution in [0.15, 0.2) is 72.8 Å². The summed E-state index contributed by atoms with van der Waals surface area (Å²) in [7, 11) is -4.11. The van der Waals surface area contributed by atoms with Gasteiger partial charge in [-0.3, -0.25) is 13.9 Å². The summed E-state index contributed by atoms with van der Waals surface area (Å²) in [5, 5.41) is 3.35. The predicted molar refractivity (Wildman–Crippen MR) is 152 cm³/mol. The maximum Gasteiger partial charge on any atom is 0.244 e. The lowest BCUT2D eigenvalue weighted by molar-refractivity contribution is -0.140. The SMILES string of the molecule is CC[C@@H](C)NC(=O)[C@@H](Cc1ccccc1)N(Cc1cccc(Cl)c1)C(=O)CN(c1ccc(F)c(F)c1)S(C)(=O)=O. The molecule has 7 nitrogen and oxygen atoms in total. The third kappa shape index (κ3) is 8.50. The quantitative estimate of drug-likeness (QED) is 0.323. The van der Waals surface area contributed by atoms with Gasteiger partial charge in [-0.05, 0) is 48.7 Å². The Morgan fingerprint density at radius 3 is 2.23 bits per heavy atom. The Balaban J connectivity index is 2.07. The van der Waals surface area contributed by atoms with Gasteiger partial charge in [-0.25, -0.2) is 17.2 Å². The van der Waals surface area contributed by atoms with E-state index in [0.717, 1.165) is 24.0 Å². The lowest BCUT2D eigenvalue weighted by Crippen LogP contribution is -2.54. The smallest absolute Gasteiger partial charge is 0.244 e. The van der Waals surface area contributed by atoms with Gasteiger partial charge in [-0.15, -0.1) is 0 Å². The average Bonchev–Trinajstić information content (AvgIpc) is 2.90. The zero-order chi connectivity index (χ0) is 29.4. The second-order valence-corrected chi connectivity index (χ2v) is 11.9. The Hall–Kier alpha value is -3.50. The molecule has 0 saturated carbocycles. The number of anilines is 1. The molecule has 3 rings (SSSR count). The number of carbonyl (C=O) groups is 2. The molecule has 3 aromatic rings. The molecular formula is C29H32ClF2N3O4S. The largest absolute Gasteiger partial charge is 0.352 e. The highest BCUT2D eigenvalue weighted by atomic mass is 35.5. The van der Waals surface area contributed by atoms with Gasteiger partial charge in [0.1, 0.15) is 12.6 Å². The number of hydrogen-bond donors (Lipinski definition) is 1. The van der Waals surface area contributed by atoms with E-state index in [9.17, 15) is 26.8 Å². The van der Waals surface area contributed by atoms with Crippen LogP contribution in [-0.4, -0.2) is 50.0 Å². The lowest BCUT2D eigenvalue weighted by atomic mass is 10.0. The number of sulfonamides is 1. The molecule has 1 N–H and O–H groups in total. The van der Waals surface area contributed by atoms with Crippen LogP contribution >= 0.6 is 11.6 Å². The summed E-state index contributed by atoms with van der Waals surface area (Å²) in [6.45, 7) is 2.96. The highest BCUT2D eigenvalue weighted by Crippen LogP contribution is 2.23. The van der Waals surface area contributed by atoms with Crippen LogP contribution in [0.4, 0.5) is 14.5 Å². The van der Waals surface area contributed by atoms with Gasteiger partial charge < -0.3 is 10.2 Å². The standard InChI is InChI=1S/C29H32ClF2N3O4S/c1-4-20(2)33-29(37)27(16-21-9-6-5-7-10-21)34(18-22-11-8-12-23(30)15-22)28(36)19-35(40(3,38)39)24-13-14-25(31)26(32)17-24/h5-15,17,20,27H,4,16,18-19H2,1-3H3,(H,33,37)/t20-,27-/m1/s1. The third-order valence-corrected chi connectivity index (χ3v) is 7.76. The number of benzene rings is 3. The summed E-state index contributed by atoms with van der Waals surface area (Å²) in [6, 6.07) is 17.3.